The number of hydrogen-bond donors (Lipinski definition) is 2. The molecule has 2 aromatic heterocycles. The van der Waals surface area contributed by atoms with E-state index in [1.165, 1.54) is 29.3 Å². The maximum Gasteiger partial charge on any atom is 0.218 e. The molecule has 1 fully saturated rings. The molecule has 0 atom stereocenters. The van der Waals surface area contributed by atoms with E-state index in [1.807, 2.05) is 18.5 Å². The maximum atomic E-state index is 6.11. The molecule has 4 heteroatoms. The summed E-state index contributed by atoms with van der Waals surface area (Å²) < 4.78 is 6.11. The van der Waals surface area contributed by atoms with Gasteiger partial charge in [0.15, 0.2) is 0 Å². The Morgan fingerprint density at radius 2 is 1.88 bits per heavy atom. The van der Waals surface area contributed by atoms with Crippen LogP contribution in [0.15, 0.2) is 48.8 Å². The van der Waals surface area contributed by atoms with Crippen molar-refractivity contribution in [1.82, 2.24) is 15.3 Å². The van der Waals surface area contributed by atoms with Gasteiger partial charge in [-0.25, -0.2) is 4.98 Å². The smallest absolute Gasteiger partial charge is 0.218 e. The normalized spacial score (nSPS) is 15.2. The fourth-order valence-corrected chi connectivity index (χ4v) is 3.47. The molecule has 2 N–H and O–H groups in total. The third kappa shape index (κ3) is 3.29. The summed E-state index contributed by atoms with van der Waals surface area (Å²) in [6.45, 7) is 1.59. The highest BCUT2D eigenvalue weighted by atomic mass is 16.5. The lowest BCUT2D eigenvalue weighted by Crippen LogP contribution is -2.17. The van der Waals surface area contributed by atoms with Crippen LogP contribution < -0.4 is 10.1 Å². The number of ether oxygens (including phenoxy) is 1. The summed E-state index contributed by atoms with van der Waals surface area (Å²) in [5, 5.41) is 4.81. The molecule has 1 aliphatic carbocycles. The minimum Gasteiger partial charge on any atom is -0.474 e. The van der Waals surface area contributed by atoms with Gasteiger partial charge in [-0.3, -0.25) is 0 Å². The molecule has 4 rings (SSSR count). The van der Waals surface area contributed by atoms with Crippen molar-refractivity contribution in [2.24, 2.45) is 0 Å². The summed E-state index contributed by atoms with van der Waals surface area (Å²) in [5.41, 5.74) is 3.61. The van der Waals surface area contributed by atoms with E-state index in [-0.39, 0.29) is 0 Å². The highest BCUT2D eigenvalue weighted by Crippen LogP contribution is 2.25. The SMILES string of the molecule is c1cnc(OC2CCCC2)c(CNCc2cccc3[nH]ccc23)c1. The standard InChI is InChI=1S/C20H23N3O/c1-2-8-17(7-1)24-20-16(6-4-11-23-20)14-21-13-15-5-3-9-19-18(15)10-12-22-19/h3-6,9-12,17,21-22H,1-2,7-8,13-14H2. The monoisotopic (exact) mass is 321 g/mol. The Balaban J connectivity index is 1.41. The van der Waals surface area contributed by atoms with Gasteiger partial charge in [-0.1, -0.05) is 18.2 Å². The summed E-state index contributed by atoms with van der Waals surface area (Å²) in [6, 6.07) is 12.6. The first kappa shape index (κ1) is 15.2. The zero-order chi connectivity index (χ0) is 16.2. The van der Waals surface area contributed by atoms with Crippen LogP contribution in [0.3, 0.4) is 0 Å². The minimum atomic E-state index is 0.340. The number of rotatable bonds is 6. The van der Waals surface area contributed by atoms with Crippen LogP contribution >= 0.6 is 0 Å². The minimum absolute atomic E-state index is 0.340. The quantitative estimate of drug-likeness (QED) is 0.716. The van der Waals surface area contributed by atoms with Crippen molar-refractivity contribution in [3.63, 3.8) is 0 Å². The third-order valence-corrected chi connectivity index (χ3v) is 4.75. The Bertz CT molecular complexity index is 805. The van der Waals surface area contributed by atoms with E-state index >= 15 is 0 Å². The second-order valence-corrected chi connectivity index (χ2v) is 6.45. The summed E-state index contributed by atoms with van der Waals surface area (Å²) in [5.74, 6) is 0.789. The Hall–Kier alpha value is -2.33. The molecule has 1 aliphatic rings. The van der Waals surface area contributed by atoms with Gasteiger partial charge in [0.05, 0.1) is 0 Å². The first-order valence-electron chi connectivity index (χ1n) is 8.76. The number of hydrogen-bond acceptors (Lipinski definition) is 3. The number of pyridine rings is 1. The summed E-state index contributed by atoms with van der Waals surface area (Å²) in [6.07, 6.45) is 8.99. The first-order chi connectivity index (χ1) is 11.9. The molecule has 0 bridgehead atoms. The van der Waals surface area contributed by atoms with Crippen LogP contribution in [0.5, 0.6) is 5.88 Å². The van der Waals surface area contributed by atoms with Crippen LogP contribution in [-0.2, 0) is 13.1 Å². The van der Waals surface area contributed by atoms with Gasteiger partial charge in [0.1, 0.15) is 6.10 Å². The summed E-state index contributed by atoms with van der Waals surface area (Å²) >= 11 is 0. The second kappa shape index (κ2) is 7.05. The predicted molar refractivity (Wildman–Crippen MR) is 96.0 cm³/mol. The molecule has 3 aromatic rings. The highest BCUT2D eigenvalue weighted by molar-refractivity contribution is 5.82. The van der Waals surface area contributed by atoms with Gasteiger partial charge in [0, 0.05) is 41.9 Å². The van der Waals surface area contributed by atoms with Gasteiger partial charge in [0.25, 0.3) is 0 Å². The first-order valence-corrected chi connectivity index (χ1v) is 8.76. The largest absolute Gasteiger partial charge is 0.474 e. The van der Waals surface area contributed by atoms with Crippen molar-refractivity contribution in [1.29, 1.82) is 0 Å². The van der Waals surface area contributed by atoms with E-state index in [9.17, 15) is 0 Å². The Kier molecular flexibility index (Phi) is 4.47. The molecule has 124 valence electrons. The molecule has 4 nitrogen and oxygen atoms in total. The van der Waals surface area contributed by atoms with Gasteiger partial charge >= 0.3 is 0 Å². The number of aromatic amines is 1. The zero-order valence-corrected chi connectivity index (χ0v) is 13.8. The topological polar surface area (TPSA) is 49.9 Å². The van der Waals surface area contributed by atoms with Crippen LogP contribution in [0.25, 0.3) is 10.9 Å². The molecular formula is C20H23N3O. The predicted octanol–water partition coefficient (Wildman–Crippen LogP) is 4.17. The van der Waals surface area contributed by atoms with E-state index in [0.717, 1.165) is 37.4 Å². The average molecular weight is 321 g/mol. The summed E-state index contributed by atoms with van der Waals surface area (Å²) in [4.78, 5) is 7.70. The highest BCUT2D eigenvalue weighted by Gasteiger charge is 2.18. The number of nitrogens with one attached hydrogen (secondary N) is 2. The van der Waals surface area contributed by atoms with Gasteiger partial charge < -0.3 is 15.0 Å². The lowest BCUT2D eigenvalue weighted by molar-refractivity contribution is 0.199. The zero-order valence-electron chi connectivity index (χ0n) is 13.8. The van der Waals surface area contributed by atoms with E-state index in [4.69, 9.17) is 4.74 Å². The molecule has 1 saturated carbocycles. The molecule has 2 heterocycles. The van der Waals surface area contributed by atoms with Crippen LogP contribution in [-0.4, -0.2) is 16.1 Å². The molecule has 0 radical (unpaired) electrons. The van der Waals surface area contributed by atoms with Crippen LogP contribution in [0.2, 0.25) is 0 Å². The molecule has 0 spiro atoms. The van der Waals surface area contributed by atoms with Gasteiger partial charge in [-0.2, -0.15) is 0 Å². The Labute approximate surface area is 142 Å². The average Bonchev–Trinajstić information content (AvgIpc) is 3.28. The molecular weight excluding hydrogens is 298 g/mol. The van der Waals surface area contributed by atoms with E-state index < -0.39 is 0 Å². The van der Waals surface area contributed by atoms with Crippen molar-refractivity contribution in [3.05, 3.63) is 59.9 Å². The molecule has 0 amide bonds. The molecule has 0 unspecified atom stereocenters. The molecule has 24 heavy (non-hydrogen) atoms. The van der Waals surface area contributed by atoms with Gasteiger partial charge in [-0.15, -0.1) is 0 Å². The molecule has 1 aromatic carbocycles. The van der Waals surface area contributed by atoms with Gasteiger partial charge in [0.2, 0.25) is 5.88 Å². The number of H-pyrrole nitrogens is 1. The number of nitrogens with zero attached hydrogens (tertiary/aromatic N) is 1. The van der Waals surface area contributed by atoms with Crippen molar-refractivity contribution in [2.45, 2.75) is 44.9 Å². The van der Waals surface area contributed by atoms with Crippen molar-refractivity contribution in [3.8, 4) is 5.88 Å². The Morgan fingerprint density at radius 1 is 1.04 bits per heavy atom. The van der Waals surface area contributed by atoms with Crippen LogP contribution in [0.4, 0.5) is 0 Å². The van der Waals surface area contributed by atoms with E-state index in [2.05, 4.69) is 45.6 Å². The van der Waals surface area contributed by atoms with Crippen LogP contribution in [0, 0.1) is 0 Å². The fraction of sp³-hybridized carbons (Fsp3) is 0.350. The maximum absolute atomic E-state index is 6.11. The third-order valence-electron chi connectivity index (χ3n) is 4.75. The van der Waals surface area contributed by atoms with E-state index in [0.29, 0.717) is 6.10 Å². The second-order valence-electron chi connectivity index (χ2n) is 6.45. The number of benzene rings is 1. The number of aromatic nitrogens is 2. The van der Waals surface area contributed by atoms with Crippen LogP contribution in [0.1, 0.15) is 36.8 Å². The van der Waals surface area contributed by atoms with Crippen molar-refractivity contribution < 1.29 is 4.74 Å². The van der Waals surface area contributed by atoms with Crippen molar-refractivity contribution >= 4 is 10.9 Å². The summed E-state index contributed by atoms with van der Waals surface area (Å²) in [7, 11) is 0. The molecule has 0 saturated heterocycles. The van der Waals surface area contributed by atoms with E-state index in [1.54, 1.807) is 0 Å². The fourth-order valence-electron chi connectivity index (χ4n) is 3.47. The molecule has 0 aliphatic heterocycles. The lowest BCUT2D eigenvalue weighted by Gasteiger charge is -2.15. The van der Waals surface area contributed by atoms with Gasteiger partial charge in [-0.05, 0) is 49.4 Å². The lowest BCUT2D eigenvalue weighted by atomic mass is 10.1. The Morgan fingerprint density at radius 3 is 2.79 bits per heavy atom. The van der Waals surface area contributed by atoms with Crippen molar-refractivity contribution in [2.75, 3.05) is 0 Å². The number of fused-ring (bicyclic) bond motifs is 1.